The number of halogens is 5. The Morgan fingerprint density at radius 2 is 1.50 bits per heavy atom. The first-order valence-corrected chi connectivity index (χ1v) is 11.3. The van der Waals surface area contributed by atoms with Gasteiger partial charge in [0.1, 0.15) is 9.75 Å². The highest BCUT2D eigenvalue weighted by Gasteiger charge is 2.80. The molecule has 1 saturated carbocycles. The third-order valence-electron chi connectivity index (χ3n) is 5.55. The van der Waals surface area contributed by atoms with E-state index >= 15 is 0 Å². The first-order valence-electron chi connectivity index (χ1n) is 9.39. The highest BCUT2D eigenvalue weighted by Crippen LogP contribution is 2.74. The fourth-order valence-corrected chi connectivity index (χ4v) is 5.86. The second-order valence-electron chi connectivity index (χ2n) is 7.45. The molecule has 0 radical (unpaired) electrons. The largest absolute Gasteiger partial charge is 0.369 e. The van der Waals surface area contributed by atoms with Crippen LogP contribution in [0.4, 0.5) is 5.69 Å². The van der Waals surface area contributed by atoms with E-state index in [1.54, 1.807) is 66.7 Å². The van der Waals surface area contributed by atoms with Crippen LogP contribution in [-0.2, 0) is 10.2 Å². The van der Waals surface area contributed by atoms with Crippen LogP contribution in [0, 0.1) is 0 Å². The Labute approximate surface area is 209 Å². The van der Waals surface area contributed by atoms with Gasteiger partial charge < -0.3 is 11.1 Å². The third-order valence-corrected chi connectivity index (χ3v) is 7.35. The van der Waals surface area contributed by atoms with Crippen LogP contribution in [0.5, 0.6) is 0 Å². The maximum absolute atomic E-state index is 12.8. The molecule has 0 bridgehead atoms. The number of hydrogen-bond acceptors (Lipinski definition) is 2. The number of alkyl halides is 2. The summed E-state index contributed by atoms with van der Waals surface area (Å²) in [5.74, 6) is -1.81. The van der Waals surface area contributed by atoms with Crippen molar-refractivity contribution in [3.05, 3.63) is 98.5 Å². The summed E-state index contributed by atoms with van der Waals surface area (Å²) in [6.45, 7) is 0. The van der Waals surface area contributed by atoms with Crippen molar-refractivity contribution in [2.75, 3.05) is 5.32 Å². The Morgan fingerprint density at radius 1 is 0.875 bits per heavy atom. The maximum atomic E-state index is 12.8. The molecule has 4 nitrogen and oxygen atoms in total. The molecule has 1 fully saturated rings. The van der Waals surface area contributed by atoms with Crippen LogP contribution in [-0.4, -0.2) is 16.1 Å². The highest BCUT2D eigenvalue weighted by atomic mass is 35.5. The zero-order valence-corrected chi connectivity index (χ0v) is 20.0. The quantitative estimate of drug-likeness (QED) is 0.367. The van der Waals surface area contributed by atoms with Crippen molar-refractivity contribution < 1.29 is 9.59 Å². The number of nitrogens with one attached hydrogen (secondary N) is 1. The van der Waals surface area contributed by atoms with Gasteiger partial charge in [-0.15, -0.1) is 0 Å². The van der Waals surface area contributed by atoms with Gasteiger partial charge in [-0.1, -0.05) is 82.3 Å². The van der Waals surface area contributed by atoms with Crippen molar-refractivity contribution in [1.29, 1.82) is 0 Å². The Morgan fingerprint density at radius 3 is 2.09 bits per heavy atom. The van der Waals surface area contributed by atoms with E-state index in [4.69, 9.17) is 63.7 Å². The molecule has 1 aliphatic carbocycles. The fraction of sp³-hybridized carbons (Fsp3) is 0.130. The number of rotatable bonds is 5. The molecule has 3 aromatic carbocycles. The molecule has 9 heteroatoms. The van der Waals surface area contributed by atoms with E-state index in [0.717, 1.165) is 0 Å². The van der Waals surface area contributed by atoms with Gasteiger partial charge in [0.25, 0.3) is 5.91 Å². The molecule has 0 spiro atoms. The number of hydrogen-bond donors (Lipinski definition) is 2. The Bertz CT molecular complexity index is 1210. The summed E-state index contributed by atoms with van der Waals surface area (Å²) in [5.41, 5.74) is 6.05. The van der Waals surface area contributed by atoms with Crippen LogP contribution in [0.15, 0.2) is 66.7 Å². The average molecular weight is 529 g/mol. The maximum Gasteiger partial charge on any atom is 0.255 e. The summed E-state index contributed by atoms with van der Waals surface area (Å²) in [7, 11) is 0. The van der Waals surface area contributed by atoms with Crippen molar-refractivity contribution in [1.82, 2.24) is 0 Å². The lowest BCUT2D eigenvalue weighted by Gasteiger charge is -2.18. The minimum Gasteiger partial charge on any atom is -0.369 e. The molecule has 32 heavy (non-hydrogen) atoms. The Hall–Kier alpha value is -1.95. The van der Waals surface area contributed by atoms with Crippen molar-refractivity contribution in [3.63, 3.8) is 0 Å². The summed E-state index contributed by atoms with van der Waals surface area (Å²) in [5, 5.41) is 3.77. The number of carbonyl (C=O) groups excluding carboxylic acids is 2. The lowest BCUT2D eigenvalue weighted by atomic mass is 9.89. The molecule has 3 aromatic rings. The van der Waals surface area contributed by atoms with Crippen LogP contribution >= 0.6 is 58.0 Å². The van der Waals surface area contributed by atoms with E-state index < -0.39 is 21.6 Å². The topological polar surface area (TPSA) is 72.2 Å². The zero-order valence-electron chi connectivity index (χ0n) is 16.2. The fourth-order valence-electron chi connectivity index (χ4n) is 4.06. The van der Waals surface area contributed by atoms with Crippen LogP contribution in [0.3, 0.4) is 0 Å². The normalized spacial score (nSPS) is 21.1. The summed E-state index contributed by atoms with van der Waals surface area (Å²) in [6, 6.07) is 18.2. The molecule has 0 aromatic heterocycles. The van der Waals surface area contributed by atoms with Gasteiger partial charge in [-0.2, -0.15) is 0 Å². The summed E-state index contributed by atoms with van der Waals surface area (Å²) >= 11 is 31.9. The van der Waals surface area contributed by atoms with Gasteiger partial charge in [-0.25, -0.2) is 0 Å². The first-order chi connectivity index (χ1) is 15.1. The first kappa shape index (κ1) is 23.2. The van der Waals surface area contributed by atoms with Crippen molar-refractivity contribution in [2.45, 2.75) is 15.7 Å². The second kappa shape index (κ2) is 8.44. The molecular weight excluding hydrogens is 514 g/mol. The molecule has 4 rings (SSSR count). The summed E-state index contributed by atoms with van der Waals surface area (Å²) in [4.78, 5) is 25.4. The number of carbonyl (C=O) groups is 2. The van der Waals surface area contributed by atoms with E-state index in [0.29, 0.717) is 26.7 Å². The van der Waals surface area contributed by atoms with Gasteiger partial charge in [0.2, 0.25) is 5.91 Å². The molecular formula is C23H15Cl5N2O2. The minimum absolute atomic E-state index is 0.274. The van der Waals surface area contributed by atoms with Gasteiger partial charge in [0.05, 0.1) is 10.7 Å². The molecule has 3 N–H and O–H groups in total. The van der Waals surface area contributed by atoms with Crippen LogP contribution in [0.25, 0.3) is 0 Å². The predicted molar refractivity (Wildman–Crippen MR) is 130 cm³/mol. The number of anilines is 1. The SMILES string of the molecule is NC(=O)C1(c2ccc(Cl)c(NC(=O)c3ccccc3)c2)C(c2cc(Cl)cc(Cl)c2)C1(Cl)Cl. The van der Waals surface area contributed by atoms with E-state index in [-0.39, 0.29) is 16.6 Å². The van der Waals surface area contributed by atoms with E-state index in [2.05, 4.69) is 5.32 Å². The highest BCUT2D eigenvalue weighted by molar-refractivity contribution is 6.55. The second-order valence-corrected chi connectivity index (χ2v) is 10.1. The standard InChI is InChI=1S/C23H15Cl5N2O2/c24-15-8-13(9-16(25)11-15)19-22(21(29)32,23(19,27)28)14-6-7-17(26)18(10-14)30-20(31)12-4-2-1-3-5-12/h1-11,19H,(H2,29,32)(H,30,31). The Balaban J connectivity index is 1.77. The third kappa shape index (κ3) is 3.74. The zero-order chi connectivity index (χ0) is 23.3. The Kier molecular flexibility index (Phi) is 6.12. The molecule has 0 aliphatic heterocycles. The average Bonchev–Trinajstić information content (AvgIpc) is 3.27. The van der Waals surface area contributed by atoms with Gasteiger partial charge in [-0.05, 0) is 53.6 Å². The van der Waals surface area contributed by atoms with Crippen molar-refractivity contribution in [2.24, 2.45) is 5.73 Å². The number of primary amides is 1. The number of benzene rings is 3. The minimum atomic E-state index is -1.57. The lowest BCUT2D eigenvalue weighted by molar-refractivity contribution is -0.120. The molecule has 0 saturated heterocycles. The summed E-state index contributed by atoms with van der Waals surface area (Å²) in [6.07, 6.45) is 0. The van der Waals surface area contributed by atoms with Crippen molar-refractivity contribution >= 4 is 75.5 Å². The van der Waals surface area contributed by atoms with Gasteiger partial charge in [0.15, 0.2) is 0 Å². The van der Waals surface area contributed by atoms with E-state index in [9.17, 15) is 9.59 Å². The smallest absolute Gasteiger partial charge is 0.255 e. The van der Waals surface area contributed by atoms with Crippen molar-refractivity contribution in [3.8, 4) is 0 Å². The monoisotopic (exact) mass is 526 g/mol. The molecule has 2 amide bonds. The van der Waals surface area contributed by atoms with E-state index in [1.165, 1.54) is 0 Å². The van der Waals surface area contributed by atoms with Crippen LogP contribution in [0.2, 0.25) is 15.1 Å². The number of nitrogens with two attached hydrogens (primary N) is 1. The molecule has 0 heterocycles. The predicted octanol–water partition coefficient (Wildman–Crippen LogP) is 6.59. The van der Waals surface area contributed by atoms with Gasteiger partial charge >= 0.3 is 0 Å². The number of amides is 2. The van der Waals surface area contributed by atoms with Crippen LogP contribution < -0.4 is 11.1 Å². The molecule has 164 valence electrons. The molecule has 2 unspecified atom stereocenters. The van der Waals surface area contributed by atoms with Gasteiger partial charge in [0, 0.05) is 21.5 Å². The van der Waals surface area contributed by atoms with Crippen LogP contribution in [0.1, 0.15) is 27.4 Å². The summed E-state index contributed by atoms with van der Waals surface area (Å²) < 4.78 is -1.57. The molecule has 2 atom stereocenters. The van der Waals surface area contributed by atoms with Gasteiger partial charge in [-0.3, -0.25) is 9.59 Å². The lowest BCUT2D eigenvalue weighted by Crippen LogP contribution is -2.34. The molecule has 1 aliphatic rings. The van der Waals surface area contributed by atoms with E-state index in [1.807, 2.05) is 0 Å².